The van der Waals surface area contributed by atoms with E-state index in [2.05, 4.69) is 169 Å². The first kappa shape index (κ1) is 49.0. The lowest BCUT2D eigenvalue weighted by Crippen LogP contribution is -2.71. The van der Waals surface area contributed by atoms with Gasteiger partial charge in [-0.2, -0.15) is 0 Å². The highest BCUT2D eigenvalue weighted by Gasteiger charge is 2.59. The SMILES string of the molecule is CC(C)(C)[Si](C)(C)OC[C@@H]1C[C@H](O[Si](C)(C)C(C)(C)C)[C@H]2O[C@@H](CO[Si](C)(C)C(C)(C)C)[C@H](O[Si](C)(C)C(C)(C)C)[C@@H](O[Si](C)(C)C(C)(C)C)[C@@H]2O1. The van der Waals surface area contributed by atoms with Gasteiger partial charge in [-0.3, -0.25) is 0 Å². The Labute approximate surface area is 328 Å². The summed E-state index contributed by atoms with van der Waals surface area (Å²) in [4.78, 5) is 0. The van der Waals surface area contributed by atoms with Gasteiger partial charge >= 0.3 is 0 Å². The Hall–Kier alpha value is 0.804. The van der Waals surface area contributed by atoms with Crippen LogP contribution in [0, 0.1) is 0 Å². The monoisotopic (exact) mass is 821 g/mol. The van der Waals surface area contributed by atoms with Gasteiger partial charge in [0.15, 0.2) is 41.6 Å². The summed E-state index contributed by atoms with van der Waals surface area (Å²) >= 11 is 0. The highest BCUT2D eigenvalue weighted by Crippen LogP contribution is 2.48. The summed E-state index contributed by atoms with van der Waals surface area (Å²) in [6.45, 7) is 59.0. The molecule has 0 spiro atoms. The van der Waals surface area contributed by atoms with Crippen molar-refractivity contribution in [2.75, 3.05) is 13.2 Å². The summed E-state index contributed by atoms with van der Waals surface area (Å²) in [5.74, 6) is 0. The van der Waals surface area contributed by atoms with E-state index in [1.54, 1.807) is 0 Å². The Balaban J connectivity index is 2.84. The average molecular weight is 822 g/mol. The van der Waals surface area contributed by atoms with Crippen LogP contribution in [0.1, 0.15) is 110 Å². The lowest BCUT2D eigenvalue weighted by atomic mass is 9.88. The maximum atomic E-state index is 7.62. The van der Waals surface area contributed by atoms with Gasteiger partial charge in [0.25, 0.3) is 0 Å². The van der Waals surface area contributed by atoms with Gasteiger partial charge in [0, 0.05) is 6.42 Å². The van der Waals surface area contributed by atoms with Crippen LogP contribution < -0.4 is 0 Å². The van der Waals surface area contributed by atoms with Crippen LogP contribution in [0.4, 0.5) is 0 Å². The Morgan fingerprint density at radius 3 is 1.15 bits per heavy atom. The third-order valence-electron chi connectivity index (χ3n) is 14.5. The molecule has 0 aromatic heterocycles. The van der Waals surface area contributed by atoms with E-state index in [9.17, 15) is 0 Å². The Kier molecular flexibility index (Phi) is 14.9. The third kappa shape index (κ3) is 11.5. The maximum absolute atomic E-state index is 7.62. The summed E-state index contributed by atoms with van der Waals surface area (Å²) in [5.41, 5.74) is 0. The normalized spacial score (nSPS) is 28.2. The van der Waals surface area contributed by atoms with E-state index in [4.69, 9.17) is 31.6 Å². The lowest BCUT2D eigenvalue weighted by Gasteiger charge is -2.57. The predicted molar refractivity (Wildman–Crippen MR) is 234 cm³/mol. The molecule has 0 unspecified atom stereocenters. The highest BCUT2D eigenvalue weighted by molar-refractivity contribution is 6.75. The van der Waals surface area contributed by atoms with Gasteiger partial charge in [-0.05, 0) is 90.7 Å². The molecule has 2 heterocycles. The number of rotatable bonds is 12. The quantitative estimate of drug-likeness (QED) is 0.182. The minimum absolute atomic E-state index is 0.00282. The van der Waals surface area contributed by atoms with Crippen LogP contribution in [0.3, 0.4) is 0 Å². The van der Waals surface area contributed by atoms with Gasteiger partial charge in [0.05, 0.1) is 25.4 Å². The van der Waals surface area contributed by atoms with Gasteiger partial charge in [0.2, 0.25) is 0 Å². The van der Waals surface area contributed by atoms with Crippen molar-refractivity contribution in [1.29, 1.82) is 0 Å². The van der Waals surface area contributed by atoms with E-state index in [0.717, 1.165) is 6.42 Å². The molecule has 0 amide bonds. The van der Waals surface area contributed by atoms with Crippen LogP contribution in [0.2, 0.25) is 90.7 Å². The van der Waals surface area contributed by atoms with Crippen molar-refractivity contribution in [2.24, 2.45) is 0 Å². The van der Waals surface area contributed by atoms with Crippen molar-refractivity contribution >= 4 is 41.6 Å². The first-order valence-electron chi connectivity index (χ1n) is 20.3. The molecule has 0 aromatic carbocycles. The second-order valence-corrected chi connectivity index (χ2v) is 47.7. The van der Waals surface area contributed by atoms with Crippen molar-refractivity contribution in [3.8, 4) is 0 Å². The van der Waals surface area contributed by atoms with Gasteiger partial charge in [-0.15, -0.1) is 0 Å². The van der Waals surface area contributed by atoms with E-state index in [-0.39, 0.29) is 67.9 Å². The molecule has 0 aromatic rings. The van der Waals surface area contributed by atoms with E-state index >= 15 is 0 Å². The van der Waals surface area contributed by atoms with E-state index < -0.39 is 41.6 Å². The summed E-state index contributed by atoms with van der Waals surface area (Å²) in [5, 5.41) is 0.195. The summed E-state index contributed by atoms with van der Waals surface area (Å²) < 4.78 is 51.1. The minimum Gasteiger partial charge on any atom is -0.414 e. The molecule has 2 saturated heterocycles. The molecular weight excluding hydrogens is 733 g/mol. The zero-order valence-electron chi connectivity index (χ0n) is 39.0. The van der Waals surface area contributed by atoms with E-state index in [1.807, 2.05) is 0 Å². The second kappa shape index (κ2) is 15.9. The average Bonchev–Trinajstić information content (AvgIpc) is 2.89. The van der Waals surface area contributed by atoms with Gasteiger partial charge in [-0.1, -0.05) is 104 Å². The molecule has 0 radical (unpaired) electrons. The zero-order chi connectivity index (χ0) is 41.1. The molecule has 310 valence electrons. The topological polar surface area (TPSA) is 64.6 Å². The molecule has 7 nitrogen and oxygen atoms in total. The molecule has 12 heteroatoms. The zero-order valence-corrected chi connectivity index (χ0v) is 44.0. The number of hydrogen-bond acceptors (Lipinski definition) is 7. The fourth-order valence-corrected chi connectivity index (χ4v) is 11.3. The molecule has 2 aliphatic rings. The van der Waals surface area contributed by atoms with Crippen molar-refractivity contribution in [3.05, 3.63) is 0 Å². The van der Waals surface area contributed by atoms with E-state index in [0.29, 0.717) is 13.2 Å². The second-order valence-electron chi connectivity index (χ2n) is 23.8. The van der Waals surface area contributed by atoms with Gasteiger partial charge in [-0.25, -0.2) is 0 Å². The highest BCUT2D eigenvalue weighted by atomic mass is 28.4. The Bertz CT molecular complexity index is 1170. The predicted octanol–water partition coefficient (Wildman–Crippen LogP) is 12.1. The van der Waals surface area contributed by atoms with Crippen molar-refractivity contribution in [1.82, 2.24) is 0 Å². The number of hydrogen-bond donors (Lipinski definition) is 0. The molecule has 7 atom stereocenters. The summed E-state index contributed by atoms with van der Waals surface area (Å²) in [6.07, 6.45) is -1.30. The number of fused-ring (bicyclic) bond motifs is 1. The lowest BCUT2D eigenvalue weighted by molar-refractivity contribution is -0.285. The molecule has 0 bridgehead atoms. The van der Waals surface area contributed by atoms with Crippen molar-refractivity contribution in [2.45, 2.75) is 244 Å². The van der Waals surface area contributed by atoms with Crippen LogP contribution in [0.5, 0.6) is 0 Å². The fourth-order valence-electron chi connectivity index (χ4n) is 5.31. The standard InChI is InChI=1S/C40H88O7Si5/c1-36(2,3)48(16,17)41-27-29-26-30(45-50(20,21)38(7,8)9)32-34(43-29)35(47-52(24,25)40(13,14)15)33(46-51(22,23)39(10,11)12)31(44-32)28-42-49(18,19)37(4,5)6/h29-35H,26-28H2,1-25H3/t29-,30-,31-,32+,33-,34+,35+/m0/s1. The number of ether oxygens (including phenoxy) is 2. The van der Waals surface area contributed by atoms with Crippen molar-refractivity contribution < 1.29 is 31.6 Å². The third-order valence-corrected chi connectivity index (χ3v) is 36.9. The van der Waals surface area contributed by atoms with Crippen LogP contribution in [-0.4, -0.2) is 97.5 Å². The van der Waals surface area contributed by atoms with Crippen LogP contribution >= 0.6 is 0 Å². The summed E-state index contributed by atoms with van der Waals surface area (Å²) in [6, 6.07) is 0. The molecule has 0 N–H and O–H groups in total. The van der Waals surface area contributed by atoms with Crippen molar-refractivity contribution in [3.63, 3.8) is 0 Å². The van der Waals surface area contributed by atoms with Gasteiger partial charge in [0.1, 0.15) is 30.5 Å². The van der Waals surface area contributed by atoms with Crippen LogP contribution in [0.25, 0.3) is 0 Å². The maximum Gasteiger partial charge on any atom is 0.192 e. The molecule has 0 aliphatic carbocycles. The van der Waals surface area contributed by atoms with Gasteiger partial charge < -0.3 is 31.6 Å². The molecule has 2 fully saturated rings. The fraction of sp³-hybridized carbons (Fsp3) is 1.00. The van der Waals surface area contributed by atoms with Crippen LogP contribution in [0.15, 0.2) is 0 Å². The summed E-state index contributed by atoms with van der Waals surface area (Å²) in [7, 11) is -11.0. The first-order chi connectivity index (χ1) is 22.7. The Morgan fingerprint density at radius 2 is 0.769 bits per heavy atom. The van der Waals surface area contributed by atoms with Crippen LogP contribution in [-0.2, 0) is 31.6 Å². The minimum atomic E-state index is -2.33. The molecule has 0 saturated carbocycles. The first-order valence-corrected chi connectivity index (χ1v) is 34.8. The largest absolute Gasteiger partial charge is 0.414 e. The smallest absolute Gasteiger partial charge is 0.192 e. The molecule has 2 rings (SSSR count). The molecule has 2 aliphatic heterocycles. The van der Waals surface area contributed by atoms with E-state index in [1.165, 1.54) is 0 Å². The molecular formula is C40H88O7Si5. The molecule has 52 heavy (non-hydrogen) atoms. The Morgan fingerprint density at radius 1 is 0.423 bits per heavy atom.